The molecule has 0 aliphatic rings. The summed E-state index contributed by atoms with van der Waals surface area (Å²) in [5.74, 6) is -0.164. The SMILES string of the molecule is Cc1cc(NC(=O)Cc2ccccc2C(F)(F)F)ccc1-c1cn(C)c2ncnc(N)c12. The molecule has 0 aliphatic heterocycles. The molecule has 0 fully saturated rings. The van der Waals surface area contributed by atoms with Crippen LogP contribution in [0.15, 0.2) is 55.0 Å². The molecule has 0 aliphatic carbocycles. The maximum atomic E-state index is 13.2. The van der Waals surface area contributed by atoms with Crippen LogP contribution < -0.4 is 11.1 Å². The molecule has 0 saturated carbocycles. The highest BCUT2D eigenvalue weighted by atomic mass is 19.4. The molecule has 4 rings (SSSR count). The fourth-order valence-corrected chi connectivity index (χ4v) is 3.81. The number of aryl methyl sites for hydroxylation is 2. The summed E-state index contributed by atoms with van der Waals surface area (Å²) in [5, 5.41) is 3.42. The Kier molecular flexibility index (Phi) is 5.33. The van der Waals surface area contributed by atoms with Crippen molar-refractivity contribution in [3.8, 4) is 11.1 Å². The third kappa shape index (κ3) is 4.01. The van der Waals surface area contributed by atoms with E-state index in [0.29, 0.717) is 17.2 Å². The predicted molar refractivity (Wildman–Crippen MR) is 117 cm³/mol. The van der Waals surface area contributed by atoms with Crippen molar-refractivity contribution >= 4 is 28.4 Å². The van der Waals surface area contributed by atoms with Gasteiger partial charge in [-0.3, -0.25) is 4.79 Å². The number of fused-ring (bicyclic) bond motifs is 1. The van der Waals surface area contributed by atoms with Gasteiger partial charge in [-0.2, -0.15) is 13.2 Å². The summed E-state index contributed by atoms with van der Waals surface area (Å²) in [7, 11) is 1.86. The molecule has 2 aromatic heterocycles. The summed E-state index contributed by atoms with van der Waals surface area (Å²) in [4.78, 5) is 20.8. The van der Waals surface area contributed by atoms with Gasteiger partial charge in [-0.1, -0.05) is 24.3 Å². The number of nitrogens with two attached hydrogens (primary N) is 1. The lowest BCUT2D eigenvalue weighted by Gasteiger charge is -2.13. The molecule has 0 bridgehead atoms. The zero-order chi connectivity index (χ0) is 23.0. The summed E-state index contributed by atoms with van der Waals surface area (Å²) in [6, 6.07) is 10.4. The maximum Gasteiger partial charge on any atom is 0.416 e. The average Bonchev–Trinajstić information content (AvgIpc) is 3.05. The van der Waals surface area contributed by atoms with Crippen LogP contribution in [0.4, 0.5) is 24.7 Å². The van der Waals surface area contributed by atoms with E-state index < -0.39 is 17.6 Å². The van der Waals surface area contributed by atoms with Gasteiger partial charge >= 0.3 is 6.18 Å². The lowest BCUT2D eigenvalue weighted by atomic mass is 10.00. The van der Waals surface area contributed by atoms with Crippen LogP contribution in [0.3, 0.4) is 0 Å². The smallest absolute Gasteiger partial charge is 0.383 e. The number of nitrogen functional groups attached to an aromatic ring is 1. The molecule has 2 heterocycles. The van der Waals surface area contributed by atoms with Crippen LogP contribution in [0, 0.1) is 6.92 Å². The second-order valence-corrected chi connectivity index (χ2v) is 7.52. The topological polar surface area (TPSA) is 85.8 Å². The lowest BCUT2D eigenvalue weighted by Crippen LogP contribution is -2.18. The number of alkyl halides is 3. The van der Waals surface area contributed by atoms with Crippen molar-refractivity contribution in [1.29, 1.82) is 0 Å². The first-order valence-electron chi connectivity index (χ1n) is 9.76. The van der Waals surface area contributed by atoms with Crippen LogP contribution in [0.2, 0.25) is 0 Å². The predicted octanol–water partition coefficient (Wildman–Crippen LogP) is 4.73. The van der Waals surface area contributed by atoms with Crippen LogP contribution in [-0.2, 0) is 24.4 Å². The number of benzene rings is 2. The maximum absolute atomic E-state index is 13.2. The van der Waals surface area contributed by atoms with Gasteiger partial charge in [0.05, 0.1) is 17.4 Å². The van der Waals surface area contributed by atoms with Crippen LogP contribution >= 0.6 is 0 Å². The highest BCUT2D eigenvalue weighted by Crippen LogP contribution is 2.35. The Hall–Kier alpha value is -3.88. The number of nitrogens with one attached hydrogen (secondary N) is 1. The number of carbonyl (C=O) groups excluding carboxylic acids is 1. The van der Waals surface area contributed by atoms with Crippen molar-refractivity contribution in [1.82, 2.24) is 14.5 Å². The second kappa shape index (κ2) is 7.99. The van der Waals surface area contributed by atoms with Crippen molar-refractivity contribution in [3.63, 3.8) is 0 Å². The van der Waals surface area contributed by atoms with Gasteiger partial charge in [0.25, 0.3) is 0 Å². The van der Waals surface area contributed by atoms with Gasteiger partial charge in [-0.15, -0.1) is 0 Å². The number of aromatic nitrogens is 3. The lowest BCUT2D eigenvalue weighted by molar-refractivity contribution is -0.138. The number of carbonyl (C=O) groups is 1. The Balaban J connectivity index is 1.59. The molecule has 32 heavy (non-hydrogen) atoms. The highest BCUT2D eigenvalue weighted by Gasteiger charge is 2.33. The van der Waals surface area contributed by atoms with E-state index in [1.807, 2.05) is 30.8 Å². The molecule has 0 spiro atoms. The molecular weight excluding hydrogens is 419 g/mol. The summed E-state index contributed by atoms with van der Waals surface area (Å²) in [5.41, 5.74) is 8.98. The standard InChI is InChI=1S/C23H20F3N5O/c1-13-9-15(30-19(32)10-14-5-3-4-6-18(14)23(24,25)26)7-8-16(13)17-11-31(2)22-20(17)21(27)28-12-29-22/h3-9,11-12H,10H2,1-2H3,(H,30,32)(H2,27,28,29). The fraction of sp³-hybridized carbons (Fsp3) is 0.174. The van der Waals surface area contributed by atoms with E-state index in [1.165, 1.54) is 24.5 Å². The van der Waals surface area contributed by atoms with Crippen molar-refractivity contribution in [2.45, 2.75) is 19.5 Å². The van der Waals surface area contributed by atoms with Crippen LogP contribution in [0.5, 0.6) is 0 Å². The summed E-state index contributed by atoms with van der Waals surface area (Å²) < 4.78 is 41.4. The molecule has 0 saturated heterocycles. The molecule has 0 radical (unpaired) electrons. The Morgan fingerprint density at radius 2 is 1.88 bits per heavy atom. The molecule has 9 heteroatoms. The molecule has 4 aromatic rings. The summed E-state index contributed by atoms with van der Waals surface area (Å²) in [6.45, 7) is 1.88. The van der Waals surface area contributed by atoms with E-state index in [4.69, 9.17) is 5.73 Å². The van der Waals surface area contributed by atoms with Gasteiger partial charge in [-0.05, 0) is 41.8 Å². The Morgan fingerprint density at radius 1 is 1.12 bits per heavy atom. The minimum atomic E-state index is -4.51. The van der Waals surface area contributed by atoms with Gasteiger partial charge in [-0.25, -0.2) is 9.97 Å². The van der Waals surface area contributed by atoms with Gasteiger partial charge in [0.1, 0.15) is 17.8 Å². The summed E-state index contributed by atoms with van der Waals surface area (Å²) in [6.07, 6.45) is -1.58. The molecule has 0 unspecified atom stereocenters. The molecule has 0 atom stereocenters. The summed E-state index contributed by atoms with van der Waals surface area (Å²) >= 11 is 0. The molecule has 6 nitrogen and oxygen atoms in total. The van der Waals surface area contributed by atoms with E-state index in [-0.39, 0.29) is 12.0 Å². The third-order valence-corrected chi connectivity index (χ3v) is 5.26. The Labute approximate surface area is 181 Å². The van der Waals surface area contributed by atoms with Crippen LogP contribution in [0.25, 0.3) is 22.2 Å². The number of halogens is 3. The minimum absolute atomic E-state index is 0.0722. The quantitative estimate of drug-likeness (QED) is 0.482. The molecule has 2 aromatic carbocycles. The highest BCUT2D eigenvalue weighted by molar-refractivity contribution is 6.01. The van der Waals surface area contributed by atoms with Gasteiger partial charge < -0.3 is 15.6 Å². The van der Waals surface area contributed by atoms with Crippen molar-refractivity contribution < 1.29 is 18.0 Å². The monoisotopic (exact) mass is 439 g/mol. The van der Waals surface area contributed by atoms with Crippen molar-refractivity contribution in [3.05, 3.63) is 71.7 Å². The first-order chi connectivity index (χ1) is 15.1. The van der Waals surface area contributed by atoms with Gasteiger partial charge in [0, 0.05) is 24.5 Å². The number of hydrogen-bond donors (Lipinski definition) is 2. The molecule has 3 N–H and O–H groups in total. The van der Waals surface area contributed by atoms with Gasteiger partial charge in [0.2, 0.25) is 5.91 Å². The minimum Gasteiger partial charge on any atom is -0.383 e. The van der Waals surface area contributed by atoms with E-state index >= 15 is 0 Å². The van der Waals surface area contributed by atoms with E-state index in [2.05, 4.69) is 15.3 Å². The zero-order valence-corrected chi connectivity index (χ0v) is 17.4. The fourth-order valence-electron chi connectivity index (χ4n) is 3.81. The number of hydrogen-bond acceptors (Lipinski definition) is 4. The van der Waals surface area contributed by atoms with Gasteiger partial charge in [0.15, 0.2) is 0 Å². The van der Waals surface area contributed by atoms with Crippen molar-refractivity contribution in [2.75, 3.05) is 11.1 Å². The molecular formula is C23H20F3N5O. The number of nitrogens with zero attached hydrogens (tertiary/aromatic N) is 3. The molecule has 164 valence electrons. The first-order valence-corrected chi connectivity index (χ1v) is 9.76. The Morgan fingerprint density at radius 3 is 2.59 bits per heavy atom. The first kappa shape index (κ1) is 21.4. The average molecular weight is 439 g/mol. The Bertz CT molecular complexity index is 1330. The number of anilines is 2. The third-order valence-electron chi connectivity index (χ3n) is 5.26. The van der Waals surface area contributed by atoms with Crippen LogP contribution in [-0.4, -0.2) is 20.4 Å². The second-order valence-electron chi connectivity index (χ2n) is 7.52. The molecule has 1 amide bonds. The van der Waals surface area contributed by atoms with E-state index in [1.54, 1.807) is 12.1 Å². The van der Waals surface area contributed by atoms with Crippen molar-refractivity contribution in [2.24, 2.45) is 7.05 Å². The zero-order valence-electron chi connectivity index (χ0n) is 17.4. The number of amides is 1. The van der Waals surface area contributed by atoms with Crippen LogP contribution in [0.1, 0.15) is 16.7 Å². The normalized spacial score (nSPS) is 11.7. The van der Waals surface area contributed by atoms with E-state index in [0.717, 1.165) is 28.1 Å². The largest absolute Gasteiger partial charge is 0.416 e. The number of rotatable bonds is 4. The van der Waals surface area contributed by atoms with E-state index in [9.17, 15) is 18.0 Å².